The topological polar surface area (TPSA) is 52.6 Å². The largest absolute Gasteiger partial charge is 0.469 e. The molecule has 146 valence electrons. The molecule has 0 bridgehead atoms. The molecule has 2 saturated carbocycles. The van der Waals surface area contributed by atoms with Crippen molar-refractivity contribution in [3.05, 3.63) is 71.8 Å². The maximum atomic E-state index is 13.5. The minimum atomic E-state index is -0.861. The lowest BCUT2D eigenvalue weighted by molar-refractivity contribution is -0.167. The zero-order valence-electron chi connectivity index (χ0n) is 16.2. The Hall–Kier alpha value is -2.62. The fourth-order valence-electron chi connectivity index (χ4n) is 4.80. The number of hydrogen-bond donors (Lipinski definition) is 0. The van der Waals surface area contributed by atoms with Crippen LogP contribution in [0.3, 0.4) is 0 Å². The first-order valence-corrected chi connectivity index (χ1v) is 9.90. The van der Waals surface area contributed by atoms with Crippen molar-refractivity contribution >= 4 is 11.9 Å². The molecule has 28 heavy (non-hydrogen) atoms. The second-order valence-electron chi connectivity index (χ2n) is 8.34. The summed E-state index contributed by atoms with van der Waals surface area (Å²) in [5, 5.41) is 0. The van der Waals surface area contributed by atoms with Gasteiger partial charge in [0, 0.05) is 0 Å². The lowest BCUT2D eigenvalue weighted by atomic mass is 9.72. The highest BCUT2D eigenvalue weighted by Crippen LogP contribution is 2.67. The van der Waals surface area contributed by atoms with Crippen LogP contribution in [0.4, 0.5) is 0 Å². The first-order valence-electron chi connectivity index (χ1n) is 9.90. The van der Waals surface area contributed by atoms with E-state index in [1.807, 2.05) is 60.7 Å². The van der Waals surface area contributed by atoms with Crippen LogP contribution in [-0.4, -0.2) is 19.0 Å². The van der Waals surface area contributed by atoms with Crippen molar-refractivity contribution in [3.8, 4) is 0 Å². The van der Waals surface area contributed by atoms with Crippen molar-refractivity contribution in [3.63, 3.8) is 0 Å². The van der Waals surface area contributed by atoms with Gasteiger partial charge >= 0.3 is 11.9 Å². The molecule has 2 atom stereocenters. The van der Waals surface area contributed by atoms with Crippen molar-refractivity contribution in [1.82, 2.24) is 0 Å². The Kier molecular flexibility index (Phi) is 4.96. The smallest absolute Gasteiger partial charge is 0.313 e. The third-order valence-electron chi connectivity index (χ3n) is 6.42. The Labute approximate surface area is 165 Å². The molecule has 4 nitrogen and oxygen atoms in total. The van der Waals surface area contributed by atoms with Gasteiger partial charge < -0.3 is 9.47 Å². The lowest BCUT2D eigenvalue weighted by Crippen LogP contribution is -2.42. The summed E-state index contributed by atoms with van der Waals surface area (Å²) in [5.41, 5.74) is 1.23. The molecule has 2 aromatic carbocycles. The van der Waals surface area contributed by atoms with Gasteiger partial charge in [-0.2, -0.15) is 0 Å². The third kappa shape index (κ3) is 3.56. The van der Waals surface area contributed by atoms with Crippen LogP contribution in [0.1, 0.15) is 36.8 Å². The van der Waals surface area contributed by atoms with Crippen LogP contribution in [0.25, 0.3) is 0 Å². The number of benzene rings is 2. The fraction of sp³-hybridized carbons (Fsp3) is 0.417. The van der Waals surface area contributed by atoms with E-state index in [0.29, 0.717) is 19.3 Å². The molecule has 4 heteroatoms. The monoisotopic (exact) mass is 378 g/mol. The van der Waals surface area contributed by atoms with Gasteiger partial charge in [0.1, 0.15) is 6.61 Å². The van der Waals surface area contributed by atoms with E-state index in [9.17, 15) is 9.59 Å². The molecule has 0 radical (unpaired) electrons. The summed E-state index contributed by atoms with van der Waals surface area (Å²) >= 11 is 0. The summed E-state index contributed by atoms with van der Waals surface area (Å²) in [6, 6.07) is 19.6. The van der Waals surface area contributed by atoms with Crippen molar-refractivity contribution in [2.24, 2.45) is 16.7 Å². The summed E-state index contributed by atoms with van der Waals surface area (Å²) < 4.78 is 10.9. The summed E-state index contributed by atoms with van der Waals surface area (Å²) in [4.78, 5) is 26.1. The minimum absolute atomic E-state index is 0.0966. The van der Waals surface area contributed by atoms with Gasteiger partial charge in [-0.1, -0.05) is 60.7 Å². The summed E-state index contributed by atoms with van der Waals surface area (Å²) in [7, 11) is 1.41. The third-order valence-corrected chi connectivity index (χ3v) is 6.42. The average molecular weight is 378 g/mol. The second kappa shape index (κ2) is 7.42. The molecule has 0 saturated heterocycles. The van der Waals surface area contributed by atoms with Crippen LogP contribution < -0.4 is 0 Å². The number of esters is 2. The van der Waals surface area contributed by atoms with Gasteiger partial charge in [-0.15, -0.1) is 0 Å². The lowest BCUT2D eigenvalue weighted by Gasteiger charge is -2.32. The maximum Gasteiger partial charge on any atom is 0.313 e. The SMILES string of the molecule is COC(=O)C1CC2(CC2)CC1(Cc1ccccc1)C(=O)OCc1ccccc1. The molecule has 0 heterocycles. The fourth-order valence-corrected chi connectivity index (χ4v) is 4.80. The molecule has 2 aromatic rings. The average Bonchev–Trinajstić information content (AvgIpc) is 3.40. The summed E-state index contributed by atoms with van der Waals surface area (Å²) in [6.07, 6.45) is 4.06. The van der Waals surface area contributed by atoms with E-state index >= 15 is 0 Å². The van der Waals surface area contributed by atoms with E-state index in [1.54, 1.807) is 0 Å². The van der Waals surface area contributed by atoms with Crippen molar-refractivity contribution < 1.29 is 19.1 Å². The number of methoxy groups -OCH3 is 1. The molecule has 2 fully saturated rings. The van der Waals surface area contributed by atoms with Crippen LogP contribution in [-0.2, 0) is 32.1 Å². The number of carbonyl (C=O) groups excluding carboxylic acids is 2. The van der Waals surface area contributed by atoms with Crippen LogP contribution in [0.2, 0.25) is 0 Å². The van der Waals surface area contributed by atoms with Gasteiger partial charge in [0.2, 0.25) is 0 Å². The second-order valence-corrected chi connectivity index (χ2v) is 8.34. The van der Waals surface area contributed by atoms with E-state index in [2.05, 4.69) is 0 Å². The Morgan fingerprint density at radius 3 is 2.14 bits per heavy atom. The predicted octanol–water partition coefficient (Wildman–Crippen LogP) is 4.32. The van der Waals surface area contributed by atoms with E-state index in [4.69, 9.17) is 9.47 Å². The zero-order chi connectivity index (χ0) is 19.6. The Balaban J connectivity index is 1.64. The highest BCUT2D eigenvalue weighted by Gasteiger charge is 2.65. The van der Waals surface area contributed by atoms with Crippen molar-refractivity contribution in [2.75, 3.05) is 7.11 Å². The highest BCUT2D eigenvalue weighted by atomic mass is 16.5. The number of hydrogen-bond acceptors (Lipinski definition) is 4. The molecule has 2 aliphatic carbocycles. The van der Waals surface area contributed by atoms with E-state index in [0.717, 1.165) is 24.0 Å². The standard InChI is InChI=1S/C24H26O4/c1-27-21(25)20-15-23(12-13-23)17-24(20,14-18-8-4-2-5-9-18)22(26)28-16-19-10-6-3-7-11-19/h2-11,20H,12-17H2,1H3. The Bertz CT molecular complexity index is 841. The molecular weight excluding hydrogens is 352 g/mol. The molecule has 4 rings (SSSR count). The first kappa shape index (κ1) is 18.7. The summed E-state index contributed by atoms with van der Waals surface area (Å²) in [5.74, 6) is -1.03. The van der Waals surface area contributed by atoms with Gasteiger partial charge in [0.15, 0.2) is 0 Å². The maximum absolute atomic E-state index is 13.5. The van der Waals surface area contributed by atoms with Crippen LogP contribution >= 0.6 is 0 Å². The Morgan fingerprint density at radius 2 is 1.57 bits per heavy atom. The zero-order valence-corrected chi connectivity index (χ0v) is 16.2. The first-order chi connectivity index (χ1) is 13.6. The van der Waals surface area contributed by atoms with Gasteiger partial charge in [0.05, 0.1) is 18.4 Å². The van der Waals surface area contributed by atoms with E-state index in [1.165, 1.54) is 7.11 Å². The predicted molar refractivity (Wildman–Crippen MR) is 105 cm³/mol. The number of rotatable bonds is 6. The highest BCUT2D eigenvalue weighted by molar-refractivity contribution is 5.87. The molecule has 2 unspecified atom stereocenters. The molecule has 0 amide bonds. The molecule has 0 aromatic heterocycles. The summed E-state index contributed by atoms with van der Waals surface area (Å²) in [6.45, 7) is 0.219. The van der Waals surface area contributed by atoms with E-state index < -0.39 is 11.3 Å². The quantitative estimate of drug-likeness (QED) is 0.703. The minimum Gasteiger partial charge on any atom is -0.469 e. The molecule has 2 aliphatic rings. The van der Waals surface area contributed by atoms with Crippen molar-refractivity contribution in [2.45, 2.75) is 38.7 Å². The van der Waals surface area contributed by atoms with Gasteiger partial charge in [-0.3, -0.25) is 9.59 Å². The molecule has 0 aliphatic heterocycles. The Morgan fingerprint density at radius 1 is 0.964 bits per heavy atom. The number of carbonyl (C=O) groups is 2. The van der Waals surface area contributed by atoms with Crippen LogP contribution in [0, 0.1) is 16.7 Å². The number of ether oxygens (including phenoxy) is 2. The molecule has 0 N–H and O–H groups in total. The van der Waals surface area contributed by atoms with Gasteiger partial charge in [0.25, 0.3) is 0 Å². The van der Waals surface area contributed by atoms with Crippen LogP contribution in [0.5, 0.6) is 0 Å². The van der Waals surface area contributed by atoms with Gasteiger partial charge in [-0.05, 0) is 48.6 Å². The van der Waals surface area contributed by atoms with Gasteiger partial charge in [-0.25, -0.2) is 0 Å². The van der Waals surface area contributed by atoms with Crippen LogP contribution in [0.15, 0.2) is 60.7 Å². The normalized spacial score (nSPS) is 24.7. The molecule has 1 spiro atoms. The molecular formula is C24H26O4. The van der Waals surface area contributed by atoms with E-state index in [-0.39, 0.29) is 24.0 Å². The van der Waals surface area contributed by atoms with Crippen molar-refractivity contribution in [1.29, 1.82) is 0 Å².